The lowest BCUT2D eigenvalue weighted by Crippen LogP contribution is -2.07. The molecule has 0 amide bonds. The van der Waals surface area contributed by atoms with E-state index in [2.05, 4.69) is 11.2 Å². The van der Waals surface area contributed by atoms with Crippen molar-refractivity contribution in [3.05, 3.63) is 51.2 Å². The lowest BCUT2D eigenvalue weighted by molar-refractivity contribution is -0.384. The topological polar surface area (TPSA) is 87.0 Å². The summed E-state index contributed by atoms with van der Waals surface area (Å²) in [6, 6.07) is 6.10. The van der Waals surface area contributed by atoms with Crippen molar-refractivity contribution >= 4 is 11.5 Å². The Labute approximate surface area is 104 Å². The molecule has 1 aromatic carbocycles. The molecule has 0 saturated heterocycles. The number of nitrogen functional groups attached to an aromatic ring is 1. The Balaban J connectivity index is 2.31. The summed E-state index contributed by atoms with van der Waals surface area (Å²) in [7, 11) is 0. The smallest absolute Gasteiger partial charge is 0.330 e. The van der Waals surface area contributed by atoms with E-state index in [0.717, 1.165) is 16.7 Å². The van der Waals surface area contributed by atoms with E-state index >= 15 is 0 Å². The maximum atomic E-state index is 10.7. The summed E-state index contributed by atoms with van der Waals surface area (Å²) in [4.78, 5) is 10.1. The van der Waals surface area contributed by atoms with Crippen molar-refractivity contribution < 1.29 is 4.92 Å². The molecule has 0 radical (unpaired) electrons. The van der Waals surface area contributed by atoms with E-state index in [1.165, 1.54) is 10.9 Å². The Bertz CT molecular complexity index is 584. The molecular formula is C12H14N4O2. The molecule has 6 nitrogen and oxygen atoms in total. The van der Waals surface area contributed by atoms with Crippen LogP contribution in [0, 0.1) is 24.0 Å². The zero-order chi connectivity index (χ0) is 13.3. The molecule has 6 heteroatoms. The van der Waals surface area contributed by atoms with Crippen molar-refractivity contribution in [1.29, 1.82) is 0 Å². The van der Waals surface area contributed by atoms with Crippen molar-refractivity contribution in [3.8, 4) is 0 Å². The standard InChI is InChI=1S/C12H14N4O2/c1-8-3-9(2)5-10(4-8)7-15-12(13)11(6-14-15)16(17)18/h3-6H,7,13H2,1-2H3. The Morgan fingerprint density at radius 2 is 1.94 bits per heavy atom. The van der Waals surface area contributed by atoms with E-state index in [4.69, 9.17) is 5.73 Å². The van der Waals surface area contributed by atoms with Gasteiger partial charge in [0.1, 0.15) is 6.20 Å². The van der Waals surface area contributed by atoms with Gasteiger partial charge in [-0.3, -0.25) is 10.1 Å². The Kier molecular flexibility index (Phi) is 3.01. The number of nitro groups is 1. The van der Waals surface area contributed by atoms with Gasteiger partial charge in [0.15, 0.2) is 0 Å². The van der Waals surface area contributed by atoms with E-state index < -0.39 is 4.92 Å². The third-order valence-electron chi connectivity index (χ3n) is 2.67. The first kappa shape index (κ1) is 12.1. The fourth-order valence-corrected chi connectivity index (χ4v) is 1.98. The van der Waals surface area contributed by atoms with E-state index in [-0.39, 0.29) is 11.5 Å². The van der Waals surface area contributed by atoms with Crippen LogP contribution in [0.15, 0.2) is 24.4 Å². The quantitative estimate of drug-likeness (QED) is 0.663. The molecule has 0 atom stereocenters. The molecular weight excluding hydrogens is 232 g/mol. The Morgan fingerprint density at radius 3 is 2.44 bits per heavy atom. The number of hydrogen-bond acceptors (Lipinski definition) is 4. The normalized spacial score (nSPS) is 10.6. The van der Waals surface area contributed by atoms with Crippen LogP contribution in [0.3, 0.4) is 0 Å². The predicted molar refractivity (Wildman–Crippen MR) is 68.3 cm³/mol. The third-order valence-corrected chi connectivity index (χ3v) is 2.67. The molecule has 94 valence electrons. The Morgan fingerprint density at radius 1 is 1.33 bits per heavy atom. The highest BCUT2D eigenvalue weighted by atomic mass is 16.6. The van der Waals surface area contributed by atoms with Gasteiger partial charge in [0, 0.05) is 0 Å². The highest BCUT2D eigenvalue weighted by Gasteiger charge is 2.17. The molecule has 2 aromatic rings. The molecule has 1 heterocycles. The summed E-state index contributed by atoms with van der Waals surface area (Å²) in [6.07, 6.45) is 1.18. The average Bonchev–Trinajstić information content (AvgIpc) is 2.59. The minimum Gasteiger partial charge on any atom is -0.378 e. The fraction of sp³-hybridized carbons (Fsp3) is 0.250. The van der Waals surface area contributed by atoms with Crippen LogP contribution < -0.4 is 5.73 Å². The second-order valence-electron chi connectivity index (χ2n) is 4.33. The van der Waals surface area contributed by atoms with Crippen LogP contribution in [0.5, 0.6) is 0 Å². The minimum absolute atomic E-state index is 0.0826. The summed E-state index contributed by atoms with van der Waals surface area (Å²) in [5.74, 6) is 0.0826. The van der Waals surface area contributed by atoms with Crippen molar-refractivity contribution in [3.63, 3.8) is 0 Å². The third kappa shape index (κ3) is 2.32. The van der Waals surface area contributed by atoms with Gasteiger partial charge in [-0.2, -0.15) is 5.10 Å². The van der Waals surface area contributed by atoms with Gasteiger partial charge in [0.05, 0.1) is 11.5 Å². The number of rotatable bonds is 3. The minimum atomic E-state index is -0.527. The second kappa shape index (κ2) is 4.48. The molecule has 0 aliphatic carbocycles. The monoisotopic (exact) mass is 246 g/mol. The molecule has 0 saturated carbocycles. The van der Waals surface area contributed by atoms with E-state index in [9.17, 15) is 10.1 Å². The van der Waals surface area contributed by atoms with Crippen LogP contribution in [-0.2, 0) is 6.54 Å². The van der Waals surface area contributed by atoms with Crippen molar-refractivity contribution in [1.82, 2.24) is 9.78 Å². The SMILES string of the molecule is Cc1cc(C)cc(Cn2ncc([N+](=O)[O-])c2N)c1. The van der Waals surface area contributed by atoms with Crippen LogP contribution >= 0.6 is 0 Å². The molecule has 0 aliphatic rings. The van der Waals surface area contributed by atoms with Gasteiger partial charge >= 0.3 is 5.69 Å². The van der Waals surface area contributed by atoms with Gasteiger partial charge in [0.2, 0.25) is 5.82 Å². The van der Waals surface area contributed by atoms with Gasteiger partial charge < -0.3 is 5.73 Å². The number of anilines is 1. The molecule has 0 aliphatic heterocycles. The fourth-order valence-electron chi connectivity index (χ4n) is 1.98. The summed E-state index contributed by atoms with van der Waals surface area (Å²) in [6.45, 7) is 4.44. The highest BCUT2D eigenvalue weighted by molar-refractivity contribution is 5.51. The van der Waals surface area contributed by atoms with E-state index in [1.54, 1.807) is 0 Å². The van der Waals surface area contributed by atoms with E-state index in [1.807, 2.05) is 26.0 Å². The Hall–Kier alpha value is -2.37. The summed E-state index contributed by atoms with van der Waals surface area (Å²) >= 11 is 0. The molecule has 2 N–H and O–H groups in total. The van der Waals surface area contributed by atoms with Crippen LogP contribution in [0.25, 0.3) is 0 Å². The zero-order valence-corrected chi connectivity index (χ0v) is 10.3. The van der Waals surface area contributed by atoms with Gasteiger partial charge in [-0.25, -0.2) is 4.68 Å². The van der Waals surface area contributed by atoms with Gasteiger partial charge in [0.25, 0.3) is 0 Å². The first-order valence-corrected chi connectivity index (χ1v) is 5.50. The summed E-state index contributed by atoms with van der Waals surface area (Å²) in [5.41, 5.74) is 8.85. The number of aromatic nitrogens is 2. The number of benzene rings is 1. The number of nitrogens with two attached hydrogens (primary N) is 1. The first-order chi connectivity index (χ1) is 8.47. The molecule has 0 unspecified atom stereocenters. The van der Waals surface area contributed by atoms with Crippen molar-refractivity contribution in [2.75, 3.05) is 5.73 Å². The maximum absolute atomic E-state index is 10.7. The predicted octanol–water partition coefficient (Wildman–Crippen LogP) is 2.04. The molecule has 0 bridgehead atoms. The maximum Gasteiger partial charge on any atom is 0.330 e. The van der Waals surface area contributed by atoms with Crippen LogP contribution in [-0.4, -0.2) is 14.7 Å². The number of hydrogen-bond donors (Lipinski definition) is 1. The van der Waals surface area contributed by atoms with Crippen molar-refractivity contribution in [2.45, 2.75) is 20.4 Å². The first-order valence-electron chi connectivity index (χ1n) is 5.50. The number of aryl methyl sites for hydroxylation is 2. The van der Waals surface area contributed by atoms with Gasteiger partial charge in [-0.15, -0.1) is 0 Å². The summed E-state index contributed by atoms with van der Waals surface area (Å²) in [5, 5.41) is 14.6. The highest BCUT2D eigenvalue weighted by Crippen LogP contribution is 2.21. The molecule has 1 aromatic heterocycles. The van der Waals surface area contributed by atoms with Gasteiger partial charge in [-0.05, 0) is 19.4 Å². The molecule has 0 fully saturated rings. The molecule has 0 spiro atoms. The lowest BCUT2D eigenvalue weighted by Gasteiger charge is -2.06. The lowest BCUT2D eigenvalue weighted by atomic mass is 10.1. The van der Waals surface area contributed by atoms with Crippen LogP contribution in [0.4, 0.5) is 11.5 Å². The second-order valence-corrected chi connectivity index (χ2v) is 4.33. The summed E-state index contributed by atoms with van der Waals surface area (Å²) < 4.78 is 1.44. The van der Waals surface area contributed by atoms with Crippen LogP contribution in [0.2, 0.25) is 0 Å². The number of nitrogens with zero attached hydrogens (tertiary/aromatic N) is 3. The van der Waals surface area contributed by atoms with Crippen molar-refractivity contribution in [2.24, 2.45) is 0 Å². The average molecular weight is 246 g/mol. The van der Waals surface area contributed by atoms with Gasteiger partial charge in [-0.1, -0.05) is 29.3 Å². The largest absolute Gasteiger partial charge is 0.378 e. The van der Waals surface area contributed by atoms with Crippen LogP contribution in [0.1, 0.15) is 16.7 Å². The molecule has 18 heavy (non-hydrogen) atoms. The molecule has 2 rings (SSSR count). The van der Waals surface area contributed by atoms with E-state index in [0.29, 0.717) is 6.54 Å². The zero-order valence-electron chi connectivity index (χ0n) is 10.3.